The maximum atomic E-state index is 13.8. The Morgan fingerprint density at radius 2 is 1.93 bits per heavy atom. The van der Waals surface area contributed by atoms with Crippen LogP contribution < -0.4 is 4.90 Å². The van der Waals surface area contributed by atoms with Crippen molar-refractivity contribution in [2.45, 2.75) is 24.9 Å². The molecule has 2 amide bonds. The molecule has 1 fully saturated rings. The lowest BCUT2D eigenvalue weighted by Crippen LogP contribution is -2.48. The van der Waals surface area contributed by atoms with Gasteiger partial charge in [-0.15, -0.1) is 6.58 Å². The minimum Gasteiger partial charge on any atom is -0.375 e. The maximum absolute atomic E-state index is 13.8. The molecular formula is C23H25IN2O3. The molecule has 6 heteroatoms. The van der Waals surface area contributed by atoms with Gasteiger partial charge < -0.3 is 9.64 Å². The Hall–Kier alpha value is -2.19. The summed E-state index contributed by atoms with van der Waals surface area (Å²) in [5.41, 5.74) is 1.48. The molecular weight excluding hydrogens is 479 g/mol. The van der Waals surface area contributed by atoms with Gasteiger partial charge in [-0.25, -0.2) is 0 Å². The molecule has 1 aliphatic rings. The van der Waals surface area contributed by atoms with Crippen LogP contribution in [-0.2, 0) is 14.3 Å². The molecule has 0 N–H and O–H groups in total. The fourth-order valence-electron chi connectivity index (χ4n) is 3.77. The summed E-state index contributed by atoms with van der Waals surface area (Å²) in [4.78, 5) is 30.4. The summed E-state index contributed by atoms with van der Waals surface area (Å²) in [5.74, 6) is -0.351. The van der Waals surface area contributed by atoms with Crippen molar-refractivity contribution in [1.29, 1.82) is 0 Å². The number of rotatable bonds is 7. The standard InChI is InChI=1S/C23H25IN2O3/c1-3-17-12-9-15-25(17)23(28)22(19-13-7-8-14-20(19)24)26(21(27)16-29-2)18-10-5-4-6-11-18/h3-8,10-11,13-14,17,22H,1,9,12,15-16H2,2H3. The quantitative estimate of drug-likeness (QED) is 0.420. The molecule has 0 bridgehead atoms. The van der Waals surface area contributed by atoms with Gasteiger partial charge in [0.1, 0.15) is 12.6 Å². The number of para-hydroxylation sites is 1. The molecule has 1 heterocycles. The topological polar surface area (TPSA) is 49.9 Å². The average molecular weight is 504 g/mol. The van der Waals surface area contributed by atoms with Crippen LogP contribution in [0.2, 0.25) is 0 Å². The summed E-state index contributed by atoms with van der Waals surface area (Å²) in [6, 6.07) is 16.2. The molecule has 3 rings (SSSR count). The molecule has 2 unspecified atom stereocenters. The molecule has 0 saturated carbocycles. The van der Waals surface area contributed by atoms with Gasteiger partial charge in [-0.1, -0.05) is 42.5 Å². The highest BCUT2D eigenvalue weighted by molar-refractivity contribution is 14.1. The van der Waals surface area contributed by atoms with E-state index in [1.54, 1.807) is 4.90 Å². The van der Waals surface area contributed by atoms with E-state index in [1.165, 1.54) is 7.11 Å². The number of hydrogen-bond donors (Lipinski definition) is 0. The zero-order valence-electron chi connectivity index (χ0n) is 16.5. The van der Waals surface area contributed by atoms with E-state index in [2.05, 4.69) is 29.2 Å². The minimum atomic E-state index is -0.770. The van der Waals surface area contributed by atoms with Crippen molar-refractivity contribution < 1.29 is 14.3 Å². The molecule has 1 aliphatic heterocycles. The highest BCUT2D eigenvalue weighted by Crippen LogP contribution is 2.34. The Morgan fingerprint density at radius 1 is 1.24 bits per heavy atom. The predicted molar refractivity (Wildman–Crippen MR) is 123 cm³/mol. The fraction of sp³-hybridized carbons (Fsp3) is 0.304. The van der Waals surface area contributed by atoms with Gasteiger partial charge in [0.25, 0.3) is 11.8 Å². The van der Waals surface area contributed by atoms with Crippen LogP contribution in [0.25, 0.3) is 0 Å². The number of carbonyl (C=O) groups excluding carboxylic acids is 2. The molecule has 0 aromatic heterocycles. The maximum Gasteiger partial charge on any atom is 0.253 e. The normalized spacial score (nSPS) is 17.0. The molecule has 0 radical (unpaired) electrons. The largest absolute Gasteiger partial charge is 0.375 e. The van der Waals surface area contributed by atoms with E-state index in [4.69, 9.17) is 4.74 Å². The first-order chi connectivity index (χ1) is 14.1. The molecule has 0 spiro atoms. The summed E-state index contributed by atoms with van der Waals surface area (Å²) < 4.78 is 6.07. The molecule has 152 valence electrons. The van der Waals surface area contributed by atoms with Crippen molar-refractivity contribution in [2.75, 3.05) is 25.2 Å². The van der Waals surface area contributed by atoms with E-state index >= 15 is 0 Å². The van der Waals surface area contributed by atoms with Crippen LogP contribution in [0, 0.1) is 3.57 Å². The van der Waals surface area contributed by atoms with Crippen molar-refractivity contribution >= 4 is 40.1 Å². The van der Waals surface area contributed by atoms with Gasteiger partial charge >= 0.3 is 0 Å². The van der Waals surface area contributed by atoms with Crippen molar-refractivity contribution in [1.82, 2.24) is 4.90 Å². The van der Waals surface area contributed by atoms with Crippen molar-refractivity contribution in [3.05, 3.63) is 76.4 Å². The minimum absolute atomic E-state index is 0.0125. The Morgan fingerprint density at radius 3 is 2.59 bits per heavy atom. The van der Waals surface area contributed by atoms with Gasteiger partial charge in [0.2, 0.25) is 0 Å². The predicted octanol–water partition coefficient (Wildman–Crippen LogP) is 4.19. The number of carbonyl (C=O) groups is 2. The third-order valence-corrected chi connectivity index (χ3v) is 6.10. The highest BCUT2D eigenvalue weighted by atomic mass is 127. The van der Waals surface area contributed by atoms with Crippen molar-refractivity contribution in [2.24, 2.45) is 0 Å². The number of anilines is 1. The summed E-state index contributed by atoms with van der Waals surface area (Å²) >= 11 is 2.22. The lowest BCUT2D eigenvalue weighted by molar-refractivity contribution is -0.135. The molecule has 2 aromatic carbocycles. The SMILES string of the molecule is C=CC1CCCN1C(=O)C(c1ccccc1I)N(C(=O)COC)c1ccccc1. The second-order valence-electron chi connectivity index (χ2n) is 6.93. The second kappa shape index (κ2) is 10.0. The third kappa shape index (κ3) is 4.70. The van der Waals surface area contributed by atoms with Crippen LogP contribution in [0.5, 0.6) is 0 Å². The van der Waals surface area contributed by atoms with Crippen LogP contribution in [0.3, 0.4) is 0 Å². The van der Waals surface area contributed by atoms with Crippen LogP contribution >= 0.6 is 22.6 Å². The van der Waals surface area contributed by atoms with E-state index < -0.39 is 6.04 Å². The Balaban J connectivity index is 2.14. The molecule has 0 aliphatic carbocycles. The van der Waals surface area contributed by atoms with Crippen LogP contribution in [0.4, 0.5) is 5.69 Å². The van der Waals surface area contributed by atoms with Crippen LogP contribution in [-0.4, -0.2) is 43.0 Å². The van der Waals surface area contributed by atoms with Gasteiger partial charge in [0, 0.05) is 29.0 Å². The number of amides is 2. The number of ether oxygens (including phenoxy) is 1. The molecule has 2 atom stereocenters. The van der Waals surface area contributed by atoms with Crippen molar-refractivity contribution in [3.63, 3.8) is 0 Å². The summed E-state index contributed by atoms with van der Waals surface area (Å²) in [7, 11) is 1.48. The third-order valence-electron chi connectivity index (χ3n) is 5.12. The highest BCUT2D eigenvalue weighted by Gasteiger charge is 2.39. The van der Waals surface area contributed by atoms with E-state index in [9.17, 15) is 9.59 Å². The van der Waals surface area contributed by atoms with E-state index in [0.29, 0.717) is 12.2 Å². The molecule has 29 heavy (non-hydrogen) atoms. The van der Waals surface area contributed by atoms with Gasteiger partial charge in [-0.2, -0.15) is 0 Å². The second-order valence-corrected chi connectivity index (χ2v) is 8.10. The summed E-state index contributed by atoms with van der Waals surface area (Å²) in [6.07, 6.45) is 3.64. The molecule has 2 aromatic rings. The first-order valence-corrected chi connectivity index (χ1v) is 10.7. The zero-order valence-corrected chi connectivity index (χ0v) is 18.6. The summed E-state index contributed by atoms with van der Waals surface area (Å²) in [6.45, 7) is 4.46. The van der Waals surface area contributed by atoms with Gasteiger partial charge in [-0.3, -0.25) is 14.5 Å². The monoisotopic (exact) mass is 504 g/mol. The van der Waals surface area contributed by atoms with Crippen molar-refractivity contribution in [3.8, 4) is 0 Å². The average Bonchev–Trinajstić information content (AvgIpc) is 3.22. The lowest BCUT2D eigenvalue weighted by atomic mass is 10.0. The number of halogens is 1. The smallest absolute Gasteiger partial charge is 0.253 e. The van der Waals surface area contributed by atoms with E-state index in [-0.39, 0.29) is 24.5 Å². The first-order valence-electron chi connectivity index (χ1n) is 9.62. The Bertz CT molecular complexity index is 871. The zero-order chi connectivity index (χ0) is 20.8. The first kappa shape index (κ1) is 21.5. The number of likely N-dealkylation sites (tertiary alicyclic amines) is 1. The Labute approximate surface area is 185 Å². The fourth-order valence-corrected chi connectivity index (χ4v) is 4.45. The number of hydrogen-bond acceptors (Lipinski definition) is 3. The van der Waals surface area contributed by atoms with Gasteiger partial charge in [0.05, 0.1) is 0 Å². The lowest BCUT2D eigenvalue weighted by Gasteiger charge is -2.35. The molecule has 5 nitrogen and oxygen atoms in total. The Kier molecular flexibility index (Phi) is 7.44. The number of benzene rings is 2. The van der Waals surface area contributed by atoms with Gasteiger partial charge in [0.15, 0.2) is 0 Å². The number of nitrogens with zero attached hydrogens (tertiary/aromatic N) is 2. The number of methoxy groups -OCH3 is 1. The van der Waals surface area contributed by atoms with E-state index in [0.717, 1.165) is 22.0 Å². The van der Waals surface area contributed by atoms with Gasteiger partial charge in [-0.05, 0) is 59.2 Å². The van der Waals surface area contributed by atoms with Crippen LogP contribution in [0.1, 0.15) is 24.4 Å². The van der Waals surface area contributed by atoms with E-state index in [1.807, 2.05) is 65.6 Å². The molecule has 1 saturated heterocycles. The van der Waals surface area contributed by atoms with Crippen LogP contribution in [0.15, 0.2) is 67.3 Å². The summed E-state index contributed by atoms with van der Waals surface area (Å²) in [5, 5.41) is 0.